The lowest BCUT2D eigenvalue weighted by Gasteiger charge is -2.37. The van der Waals surface area contributed by atoms with Gasteiger partial charge in [0.1, 0.15) is 12.4 Å². The molecule has 0 aliphatic carbocycles. The van der Waals surface area contributed by atoms with Crippen LogP contribution in [-0.4, -0.2) is 66.1 Å². The van der Waals surface area contributed by atoms with Gasteiger partial charge in [-0.05, 0) is 43.7 Å². The summed E-state index contributed by atoms with van der Waals surface area (Å²) in [6.45, 7) is 9.54. The summed E-state index contributed by atoms with van der Waals surface area (Å²) in [5, 5.41) is 2.99. The molecule has 0 radical (unpaired) electrons. The quantitative estimate of drug-likeness (QED) is 0.709. The monoisotopic (exact) mass is 382 g/mol. The van der Waals surface area contributed by atoms with Gasteiger partial charge < -0.3 is 10.1 Å². The molecule has 3 rings (SSSR count). The number of pyridine rings is 1. The predicted octanol–water partition coefficient (Wildman–Crippen LogP) is 2.09. The SMILES string of the molecule is Cc1cccc(OCCNC(=O)C(C)N2CCN(Cc3ccccn3)CC2)c1. The third kappa shape index (κ3) is 6.04. The number of carbonyl (C=O) groups excluding carboxylic acids is 1. The number of hydrogen-bond acceptors (Lipinski definition) is 5. The fourth-order valence-corrected chi connectivity index (χ4v) is 3.39. The van der Waals surface area contributed by atoms with E-state index in [1.807, 2.05) is 56.4 Å². The van der Waals surface area contributed by atoms with Gasteiger partial charge in [0.2, 0.25) is 5.91 Å². The molecule has 1 atom stereocenters. The first-order valence-corrected chi connectivity index (χ1v) is 9.95. The minimum atomic E-state index is -0.129. The zero-order valence-corrected chi connectivity index (χ0v) is 16.8. The summed E-state index contributed by atoms with van der Waals surface area (Å²) in [5.41, 5.74) is 2.26. The molecule has 1 fully saturated rings. The van der Waals surface area contributed by atoms with Crippen LogP contribution in [0.25, 0.3) is 0 Å². The van der Waals surface area contributed by atoms with Crippen LogP contribution in [0.4, 0.5) is 0 Å². The minimum absolute atomic E-state index is 0.0611. The first-order valence-electron chi connectivity index (χ1n) is 9.95. The lowest BCUT2D eigenvalue weighted by Crippen LogP contribution is -2.53. The number of aryl methyl sites for hydroxylation is 1. The largest absolute Gasteiger partial charge is 0.492 e. The first-order chi connectivity index (χ1) is 13.6. The zero-order chi connectivity index (χ0) is 19.8. The number of hydrogen-bond donors (Lipinski definition) is 1. The Balaban J connectivity index is 1.35. The number of rotatable bonds is 8. The van der Waals surface area contributed by atoms with Crippen LogP contribution in [0.15, 0.2) is 48.7 Å². The van der Waals surface area contributed by atoms with E-state index in [4.69, 9.17) is 4.74 Å². The molecule has 1 aliphatic rings. The Morgan fingerprint density at radius 1 is 1.18 bits per heavy atom. The summed E-state index contributed by atoms with van der Waals surface area (Å²) < 4.78 is 5.69. The van der Waals surface area contributed by atoms with Gasteiger partial charge >= 0.3 is 0 Å². The Bertz CT molecular complexity index is 745. The molecule has 0 saturated carbocycles. The molecular formula is C22H30N4O2. The molecule has 1 unspecified atom stereocenters. The van der Waals surface area contributed by atoms with Crippen molar-refractivity contribution in [3.8, 4) is 5.75 Å². The molecule has 0 bridgehead atoms. The number of nitrogens with zero attached hydrogens (tertiary/aromatic N) is 3. The smallest absolute Gasteiger partial charge is 0.237 e. The van der Waals surface area contributed by atoms with Crippen molar-refractivity contribution < 1.29 is 9.53 Å². The van der Waals surface area contributed by atoms with Crippen molar-refractivity contribution in [2.45, 2.75) is 26.4 Å². The van der Waals surface area contributed by atoms with E-state index < -0.39 is 0 Å². The Morgan fingerprint density at radius 2 is 2.00 bits per heavy atom. The molecule has 6 heteroatoms. The van der Waals surface area contributed by atoms with Crippen molar-refractivity contribution in [1.82, 2.24) is 20.1 Å². The summed E-state index contributed by atoms with van der Waals surface area (Å²) in [6.07, 6.45) is 1.83. The van der Waals surface area contributed by atoms with E-state index in [1.165, 1.54) is 0 Å². The van der Waals surface area contributed by atoms with E-state index in [2.05, 4.69) is 26.2 Å². The second kappa shape index (κ2) is 10.2. The van der Waals surface area contributed by atoms with Crippen LogP contribution in [0.3, 0.4) is 0 Å². The van der Waals surface area contributed by atoms with Gasteiger partial charge in [0.05, 0.1) is 18.3 Å². The van der Waals surface area contributed by atoms with Crippen LogP contribution in [0, 0.1) is 6.92 Å². The third-order valence-electron chi connectivity index (χ3n) is 5.11. The van der Waals surface area contributed by atoms with Crippen LogP contribution in [0.5, 0.6) is 5.75 Å². The average Bonchev–Trinajstić information content (AvgIpc) is 2.72. The molecule has 28 heavy (non-hydrogen) atoms. The zero-order valence-electron chi connectivity index (χ0n) is 16.8. The van der Waals surface area contributed by atoms with Crippen LogP contribution in [-0.2, 0) is 11.3 Å². The molecule has 1 aromatic heterocycles. The molecule has 2 aromatic rings. The Morgan fingerprint density at radius 3 is 2.71 bits per heavy atom. The van der Waals surface area contributed by atoms with Gasteiger partial charge in [-0.1, -0.05) is 18.2 Å². The van der Waals surface area contributed by atoms with Crippen LogP contribution >= 0.6 is 0 Å². The normalized spacial score (nSPS) is 16.5. The fraction of sp³-hybridized carbons (Fsp3) is 0.455. The fourth-order valence-electron chi connectivity index (χ4n) is 3.39. The van der Waals surface area contributed by atoms with E-state index in [-0.39, 0.29) is 11.9 Å². The number of ether oxygens (including phenoxy) is 1. The topological polar surface area (TPSA) is 57.7 Å². The maximum Gasteiger partial charge on any atom is 0.237 e. The van der Waals surface area contributed by atoms with Gasteiger partial charge in [0, 0.05) is 38.9 Å². The lowest BCUT2D eigenvalue weighted by molar-refractivity contribution is -0.126. The lowest BCUT2D eigenvalue weighted by atomic mass is 10.2. The van der Waals surface area contributed by atoms with E-state index in [9.17, 15) is 4.79 Å². The summed E-state index contributed by atoms with van der Waals surface area (Å²) in [7, 11) is 0. The summed E-state index contributed by atoms with van der Waals surface area (Å²) in [5.74, 6) is 0.900. The summed E-state index contributed by atoms with van der Waals surface area (Å²) in [6, 6.07) is 13.8. The highest BCUT2D eigenvalue weighted by Crippen LogP contribution is 2.12. The van der Waals surface area contributed by atoms with Crippen molar-refractivity contribution in [3.05, 3.63) is 59.9 Å². The Hall–Kier alpha value is -2.44. The van der Waals surface area contributed by atoms with Crippen molar-refractivity contribution in [1.29, 1.82) is 0 Å². The predicted molar refractivity (Wildman–Crippen MR) is 110 cm³/mol. The van der Waals surface area contributed by atoms with E-state index in [0.717, 1.165) is 49.7 Å². The number of aromatic nitrogens is 1. The molecule has 1 aromatic carbocycles. The van der Waals surface area contributed by atoms with Crippen molar-refractivity contribution in [3.63, 3.8) is 0 Å². The van der Waals surface area contributed by atoms with Crippen LogP contribution in [0.1, 0.15) is 18.2 Å². The number of nitrogens with one attached hydrogen (secondary N) is 1. The van der Waals surface area contributed by atoms with Gasteiger partial charge in [0.15, 0.2) is 0 Å². The summed E-state index contributed by atoms with van der Waals surface area (Å²) >= 11 is 0. The van der Waals surface area contributed by atoms with Gasteiger partial charge in [-0.2, -0.15) is 0 Å². The third-order valence-corrected chi connectivity index (χ3v) is 5.11. The van der Waals surface area contributed by atoms with Crippen LogP contribution in [0.2, 0.25) is 0 Å². The molecule has 1 aliphatic heterocycles. The van der Waals surface area contributed by atoms with E-state index in [0.29, 0.717) is 13.2 Å². The first kappa shape index (κ1) is 20.3. The van der Waals surface area contributed by atoms with E-state index >= 15 is 0 Å². The molecule has 1 saturated heterocycles. The van der Waals surface area contributed by atoms with Gasteiger partial charge in [-0.3, -0.25) is 19.6 Å². The van der Waals surface area contributed by atoms with Crippen molar-refractivity contribution >= 4 is 5.91 Å². The second-order valence-electron chi connectivity index (χ2n) is 7.27. The number of piperazine rings is 1. The molecule has 150 valence electrons. The number of benzene rings is 1. The standard InChI is InChI=1S/C22H30N4O2/c1-18-6-5-8-21(16-18)28-15-10-24-22(27)19(2)26-13-11-25(12-14-26)17-20-7-3-4-9-23-20/h3-9,16,19H,10-15,17H2,1-2H3,(H,24,27). The van der Waals surface area contributed by atoms with Crippen LogP contribution < -0.4 is 10.1 Å². The molecule has 2 heterocycles. The van der Waals surface area contributed by atoms with Crippen molar-refractivity contribution in [2.24, 2.45) is 0 Å². The Kier molecular flexibility index (Phi) is 7.39. The van der Waals surface area contributed by atoms with Gasteiger partial charge in [-0.25, -0.2) is 0 Å². The van der Waals surface area contributed by atoms with Crippen molar-refractivity contribution in [2.75, 3.05) is 39.3 Å². The molecule has 1 N–H and O–H groups in total. The average molecular weight is 383 g/mol. The maximum absolute atomic E-state index is 12.4. The van der Waals surface area contributed by atoms with E-state index in [1.54, 1.807) is 0 Å². The molecule has 0 spiro atoms. The Labute approximate surface area is 167 Å². The van der Waals surface area contributed by atoms with Gasteiger partial charge in [-0.15, -0.1) is 0 Å². The molecule has 1 amide bonds. The highest BCUT2D eigenvalue weighted by atomic mass is 16.5. The highest BCUT2D eigenvalue weighted by molar-refractivity contribution is 5.81. The van der Waals surface area contributed by atoms with Gasteiger partial charge in [0.25, 0.3) is 0 Å². The summed E-state index contributed by atoms with van der Waals surface area (Å²) in [4.78, 5) is 21.5. The number of amides is 1. The highest BCUT2D eigenvalue weighted by Gasteiger charge is 2.25. The minimum Gasteiger partial charge on any atom is -0.492 e. The number of carbonyl (C=O) groups is 1. The second-order valence-corrected chi connectivity index (χ2v) is 7.27. The molecular weight excluding hydrogens is 352 g/mol. The maximum atomic E-state index is 12.4. The molecule has 6 nitrogen and oxygen atoms in total.